The fourth-order valence-electron chi connectivity index (χ4n) is 10.5. The number of hydrogen-bond acceptors (Lipinski definition) is 12. The highest BCUT2D eigenvalue weighted by Crippen LogP contribution is 2.43. The molecule has 59 heavy (non-hydrogen) atoms. The summed E-state index contributed by atoms with van der Waals surface area (Å²) in [5.74, 6) is -0.790. The number of benzene rings is 2. The van der Waals surface area contributed by atoms with Crippen molar-refractivity contribution in [2.45, 2.75) is 68.6 Å². The number of imide groups is 2. The minimum Gasteiger partial charge on any atom is -0.368 e. The summed E-state index contributed by atoms with van der Waals surface area (Å²) in [5, 5.41) is 5.55. The lowest BCUT2D eigenvalue weighted by molar-refractivity contribution is -0.136. The summed E-state index contributed by atoms with van der Waals surface area (Å²) in [7, 11) is 1.85. The predicted octanol–water partition coefficient (Wildman–Crippen LogP) is 2.12. The predicted molar refractivity (Wildman–Crippen MR) is 215 cm³/mol. The van der Waals surface area contributed by atoms with Gasteiger partial charge in [-0.3, -0.25) is 39.1 Å². The van der Waals surface area contributed by atoms with Crippen LogP contribution in [-0.4, -0.2) is 142 Å². The van der Waals surface area contributed by atoms with Gasteiger partial charge in [0.15, 0.2) is 11.5 Å². The number of aromatic nitrogens is 2. The minimum atomic E-state index is -0.981. The van der Waals surface area contributed by atoms with Gasteiger partial charge in [0, 0.05) is 63.6 Å². The SMILES string of the molecule is CN1CCN(C2CC3CC2N(c2cnc(C(N)=O)c(Nc4ccc(C5CCN(C6CN(c7ccc8c(c7)C(=O)N(C7CCC(=O)NC7=O)C8=O)C6)CC5)cc4)n2)C3)C1=O. The Balaban J connectivity index is 0.739. The van der Waals surface area contributed by atoms with E-state index in [-0.39, 0.29) is 42.2 Å². The molecule has 7 amide bonds. The molecular formula is C42H47N11O6. The average molecular weight is 802 g/mol. The van der Waals surface area contributed by atoms with E-state index in [0.717, 1.165) is 87.8 Å². The molecule has 1 aromatic heterocycles. The number of rotatable bonds is 9. The van der Waals surface area contributed by atoms with Gasteiger partial charge in [-0.2, -0.15) is 0 Å². The van der Waals surface area contributed by atoms with Crippen molar-refractivity contribution in [1.29, 1.82) is 0 Å². The molecule has 306 valence electrons. The van der Waals surface area contributed by atoms with Gasteiger partial charge in [0.1, 0.15) is 11.9 Å². The second kappa shape index (κ2) is 14.3. The van der Waals surface area contributed by atoms with Crippen molar-refractivity contribution >= 4 is 58.6 Å². The van der Waals surface area contributed by atoms with Crippen molar-refractivity contribution in [2.24, 2.45) is 11.7 Å². The Hall–Kier alpha value is -6.10. The Bertz CT molecular complexity index is 2270. The number of nitrogens with two attached hydrogens (primary N) is 1. The molecule has 0 radical (unpaired) electrons. The summed E-state index contributed by atoms with van der Waals surface area (Å²) >= 11 is 0. The normalized spacial score (nSPS) is 26.3. The quantitative estimate of drug-likeness (QED) is 0.267. The van der Waals surface area contributed by atoms with Gasteiger partial charge in [-0.1, -0.05) is 12.1 Å². The van der Waals surface area contributed by atoms with Gasteiger partial charge in [-0.05, 0) is 92.9 Å². The summed E-state index contributed by atoms with van der Waals surface area (Å²) < 4.78 is 0. The molecule has 17 heteroatoms. The topological polar surface area (TPSA) is 198 Å². The maximum absolute atomic E-state index is 13.3. The second-order valence-electron chi connectivity index (χ2n) is 17.1. The number of likely N-dealkylation sites (N-methyl/N-ethyl adjacent to an activating group) is 1. The zero-order valence-electron chi connectivity index (χ0n) is 32.9. The lowest BCUT2D eigenvalue weighted by Gasteiger charge is -2.48. The van der Waals surface area contributed by atoms with Crippen LogP contribution in [0.15, 0.2) is 48.7 Å². The number of nitrogens with zero attached hydrogens (tertiary/aromatic N) is 8. The van der Waals surface area contributed by atoms with Gasteiger partial charge in [0.05, 0.1) is 29.4 Å². The molecule has 3 aromatic rings. The van der Waals surface area contributed by atoms with E-state index < -0.39 is 35.6 Å². The number of hydrogen-bond donors (Lipinski definition) is 3. The monoisotopic (exact) mass is 801 g/mol. The van der Waals surface area contributed by atoms with E-state index in [4.69, 9.17) is 10.7 Å². The van der Waals surface area contributed by atoms with Crippen LogP contribution in [0, 0.1) is 5.92 Å². The Kier molecular flexibility index (Phi) is 9.03. The van der Waals surface area contributed by atoms with Crippen LogP contribution in [0.1, 0.15) is 81.2 Å². The number of fused-ring (bicyclic) bond motifs is 3. The van der Waals surface area contributed by atoms with Crippen molar-refractivity contribution in [2.75, 3.05) is 68.0 Å². The molecule has 0 spiro atoms. The summed E-state index contributed by atoms with van der Waals surface area (Å²) in [6, 6.07) is 13.3. The van der Waals surface area contributed by atoms with E-state index in [2.05, 4.69) is 42.5 Å². The van der Waals surface area contributed by atoms with Crippen LogP contribution in [0.3, 0.4) is 0 Å². The number of anilines is 4. The van der Waals surface area contributed by atoms with E-state index in [0.29, 0.717) is 35.1 Å². The van der Waals surface area contributed by atoms with Crippen LogP contribution in [0.2, 0.25) is 0 Å². The number of nitrogens with one attached hydrogen (secondary N) is 2. The van der Waals surface area contributed by atoms with E-state index in [9.17, 15) is 28.8 Å². The smallest absolute Gasteiger partial charge is 0.320 e. The molecule has 5 saturated heterocycles. The highest BCUT2D eigenvalue weighted by Gasteiger charge is 2.51. The van der Waals surface area contributed by atoms with Crippen molar-refractivity contribution in [3.8, 4) is 0 Å². The number of urea groups is 1. The van der Waals surface area contributed by atoms with Gasteiger partial charge in [-0.15, -0.1) is 0 Å². The lowest BCUT2D eigenvalue weighted by atomic mass is 9.88. The van der Waals surface area contributed by atoms with Crippen molar-refractivity contribution in [3.05, 3.63) is 71.0 Å². The first-order chi connectivity index (χ1) is 28.5. The molecule has 4 atom stereocenters. The van der Waals surface area contributed by atoms with Gasteiger partial charge in [-0.25, -0.2) is 14.8 Å². The molecule has 10 rings (SSSR count). The number of likely N-dealkylation sites (tertiary alicyclic amines) is 1. The van der Waals surface area contributed by atoms with E-state index in [1.165, 1.54) is 5.56 Å². The lowest BCUT2D eigenvalue weighted by Crippen LogP contribution is -2.60. The second-order valence-corrected chi connectivity index (χ2v) is 17.1. The van der Waals surface area contributed by atoms with Crippen LogP contribution in [-0.2, 0) is 9.59 Å². The third kappa shape index (κ3) is 6.42. The molecule has 4 unspecified atom stereocenters. The van der Waals surface area contributed by atoms with Crippen LogP contribution in [0.5, 0.6) is 0 Å². The number of amides is 7. The molecule has 4 N–H and O–H groups in total. The maximum Gasteiger partial charge on any atom is 0.320 e. The molecule has 7 heterocycles. The van der Waals surface area contributed by atoms with Crippen LogP contribution in [0.25, 0.3) is 0 Å². The fourth-order valence-corrected chi connectivity index (χ4v) is 10.5. The van der Waals surface area contributed by atoms with Crippen molar-refractivity contribution in [3.63, 3.8) is 0 Å². The van der Waals surface area contributed by atoms with Gasteiger partial charge >= 0.3 is 6.03 Å². The molecule has 6 fully saturated rings. The molecular weight excluding hydrogens is 755 g/mol. The van der Waals surface area contributed by atoms with Gasteiger partial charge in [0.2, 0.25) is 11.8 Å². The molecule has 17 nitrogen and oxygen atoms in total. The zero-order chi connectivity index (χ0) is 40.7. The standard InChI is InChI=1S/C42H47N11O6/c1-48-14-15-51(42(48)59)32-16-23-17-33(32)52(20-23)34-19-44-36(37(43)55)38(46-34)45-26-4-2-24(3-5-26)25-10-12-49(13-11-25)28-21-50(22-28)27-6-7-29-30(18-27)41(58)53(40(29)57)31-8-9-35(54)47-39(31)56/h2-7,18-19,23,25,28,31-33H,8-17,20-22H2,1H3,(H2,43,55)(H,45,46)(H,47,54,56). The van der Waals surface area contributed by atoms with Gasteiger partial charge < -0.3 is 30.7 Å². The highest BCUT2D eigenvalue weighted by atomic mass is 16.2. The van der Waals surface area contributed by atoms with Crippen LogP contribution >= 0.6 is 0 Å². The first-order valence-electron chi connectivity index (χ1n) is 20.7. The van der Waals surface area contributed by atoms with Gasteiger partial charge in [0.25, 0.3) is 17.7 Å². The Morgan fingerprint density at radius 3 is 2.25 bits per heavy atom. The maximum atomic E-state index is 13.3. The molecule has 7 aliphatic rings. The minimum absolute atomic E-state index is 0.0770. The van der Waals surface area contributed by atoms with Crippen LogP contribution < -0.4 is 26.2 Å². The number of primary amides is 1. The Morgan fingerprint density at radius 2 is 1.58 bits per heavy atom. The van der Waals surface area contributed by atoms with E-state index in [1.807, 2.05) is 30.1 Å². The highest BCUT2D eigenvalue weighted by molar-refractivity contribution is 6.23. The van der Waals surface area contributed by atoms with Crippen LogP contribution in [0.4, 0.5) is 27.8 Å². The Morgan fingerprint density at radius 1 is 0.847 bits per heavy atom. The third-order valence-corrected chi connectivity index (χ3v) is 13.7. The first kappa shape index (κ1) is 37.2. The zero-order valence-corrected chi connectivity index (χ0v) is 32.9. The number of carbonyl (C=O) groups excluding carboxylic acids is 6. The summed E-state index contributed by atoms with van der Waals surface area (Å²) in [4.78, 5) is 96.9. The Labute approximate surface area is 340 Å². The fraction of sp³-hybridized carbons (Fsp3) is 0.476. The number of piperidine rings is 3. The molecule has 1 saturated carbocycles. The average Bonchev–Trinajstić information content (AvgIpc) is 3.97. The molecule has 1 aliphatic carbocycles. The molecule has 2 aromatic carbocycles. The number of carbonyl (C=O) groups is 6. The first-order valence-corrected chi connectivity index (χ1v) is 20.7. The van der Waals surface area contributed by atoms with E-state index in [1.54, 1.807) is 23.2 Å². The molecule has 2 bridgehead atoms. The summed E-state index contributed by atoms with van der Waals surface area (Å²) in [6.07, 6.45) is 5.87. The largest absolute Gasteiger partial charge is 0.368 e. The third-order valence-electron chi connectivity index (χ3n) is 13.7. The van der Waals surface area contributed by atoms with Crippen molar-refractivity contribution in [1.82, 2.24) is 34.9 Å². The van der Waals surface area contributed by atoms with E-state index >= 15 is 0 Å². The summed E-state index contributed by atoms with van der Waals surface area (Å²) in [5.41, 5.74) is 9.31. The summed E-state index contributed by atoms with van der Waals surface area (Å²) in [6.45, 7) is 5.87. The van der Waals surface area contributed by atoms with Crippen molar-refractivity contribution < 1.29 is 28.8 Å². The molecule has 6 aliphatic heterocycles.